The molecule has 6 nitrogen and oxygen atoms in total. The third kappa shape index (κ3) is 4.19. The zero-order valence-corrected chi connectivity index (χ0v) is 15.7. The van der Waals surface area contributed by atoms with Gasteiger partial charge in [-0.05, 0) is 36.8 Å². The Kier molecular flexibility index (Phi) is 5.73. The maximum absolute atomic E-state index is 12.6. The zero-order valence-electron chi connectivity index (χ0n) is 14.9. The van der Waals surface area contributed by atoms with Gasteiger partial charge in [0.25, 0.3) is 11.6 Å². The van der Waals surface area contributed by atoms with Crippen LogP contribution in [0.25, 0.3) is 0 Å². The number of benzene rings is 3. The fourth-order valence-electron chi connectivity index (χ4n) is 2.83. The molecule has 28 heavy (non-hydrogen) atoms. The lowest BCUT2D eigenvalue weighted by atomic mass is 9.99. The molecular formula is C21H17ClN2O4. The van der Waals surface area contributed by atoms with E-state index in [1.165, 1.54) is 18.2 Å². The molecule has 3 aromatic rings. The predicted octanol–water partition coefficient (Wildman–Crippen LogP) is 4.89. The minimum absolute atomic E-state index is 0.131. The molecule has 0 fully saturated rings. The second-order valence-electron chi connectivity index (χ2n) is 6.26. The summed E-state index contributed by atoms with van der Waals surface area (Å²) in [6.07, 6.45) is -0.998. The van der Waals surface area contributed by atoms with E-state index in [9.17, 15) is 20.0 Å². The molecule has 1 amide bonds. The Labute approximate surface area is 166 Å². The summed E-state index contributed by atoms with van der Waals surface area (Å²) in [5.74, 6) is -0.521. The Morgan fingerprint density at radius 3 is 2.50 bits per heavy atom. The number of hydrogen-bond acceptors (Lipinski definition) is 4. The number of halogens is 1. The highest BCUT2D eigenvalue weighted by molar-refractivity contribution is 6.30. The molecule has 3 aromatic carbocycles. The second-order valence-corrected chi connectivity index (χ2v) is 6.69. The molecule has 1 atom stereocenters. The average Bonchev–Trinajstić information content (AvgIpc) is 2.69. The summed E-state index contributed by atoms with van der Waals surface area (Å²) in [4.78, 5) is 23.2. The summed E-state index contributed by atoms with van der Waals surface area (Å²) < 4.78 is 0. The molecule has 0 aromatic heterocycles. The van der Waals surface area contributed by atoms with Crippen LogP contribution in [0.1, 0.15) is 33.2 Å². The van der Waals surface area contributed by atoms with Gasteiger partial charge in [0.05, 0.1) is 4.92 Å². The number of hydrogen-bond donors (Lipinski definition) is 2. The lowest BCUT2D eigenvalue weighted by Gasteiger charge is -2.17. The first kappa shape index (κ1) is 19.5. The first-order valence-electron chi connectivity index (χ1n) is 8.45. The molecular weight excluding hydrogens is 380 g/mol. The van der Waals surface area contributed by atoms with Crippen LogP contribution in [0.15, 0.2) is 66.7 Å². The molecule has 142 valence electrons. The largest absolute Gasteiger partial charge is 0.384 e. The van der Waals surface area contributed by atoms with E-state index in [4.69, 9.17) is 11.6 Å². The number of nitro benzene ring substituents is 1. The summed E-state index contributed by atoms with van der Waals surface area (Å²) in [5, 5.41) is 25.0. The van der Waals surface area contributed by atoms with Gasteiger partial charge in [-0.1, -0.05) is 48.0 Å². The lowest BCUT2D eigenvalue weighted by molar-refractivity contribution is -0.385. The van der Waals surface area contributed by atoms with Gasteiger partial charge in [0, 0.05) is 33.5 Å². The van der Waals surface area contributed by atoms with Crippen molar-refractivity contribution in [2.75, 3.05) is 5.32 Å². The summed E-state index contributed by atoms with van der Waals surface area (Å²) in [6.45, 7) is 1.60. The van der Waals surface area contributed by atoms with E-state index in [0.717, 1.165) is 0 Å². The van der Waals surface area contributed by atoms with Crippen molar-refractivity contribution in [3.8, 4) is 0 Å². The van der Waals surface area contributed by atoms with Gasteiger partial charge in [-0.15, -0.1) is 0 Å². The normalized spacial score (nSPS) is 11.7. The number of aliphatic hydroxyl groups is 1. The molecule has 0 saturated heterocycles. The highest BCUT2D eigenvalue weighted by Gasteiger charge is 2.19. The van der Waals surface area contributed by atoms with E-state index < -0.39 is 16.9 Å². The van der Waals surface area contributed by atoms with Crippen LogP contribution in [0.2, 0.25) is 5.02 Å². The highest BCUT2D eigenvalue weighted by Crippen LogP contribution is 2.31. The number of carbonyl (C=O) groups is 1. The molecule has 0 saturated carbocycles. The molecule has 0 aliphatic carbocycles. The zero-order chi connectivity index (χ0) is 20.3. The van der Waals surface area contributed by atoms with E-state index in [1.807, 2.05) is 6.07 Å². The number of amides is 1. The maximum atomic E-state index is 12.6. The molecule has 0 aliphatic heterocycles. The van der Waals surface area contributed by atoms with Crippen LogP contribution >= 0.6 is 11.6 Å². The van der Waals surface area contributed by atoms with Crippen LogP contribution in [0.3, 0.4) is 0 Å². The second kappa shape index (κ2) is 8.21. The molecule has 1 unspecified atom stereocenters. The fourth-order valence-corrected chi connectivity index (χ4v) is 3.01. The Morgan fingerprint density at radius 1 is 1.11 bits per heavy atom. The molecule has 3 rings (SSSR count). The number of aliphatic hydroxyl groups excluding tert-OH is 1. The van der Waals surface area contributed by atoms with Crippen molar-refractivity contribution in [1.82, 2.24) is 0 Å². The Hall–Kier alpha value is -3.22. The van der Waals surface area contributed by atoms with Crippen LogP contribution in [0.4, 0.5) is 11.4 Å². The van der Waals surface area contributed by atoms with Crippen LogP contribution in [0.5, 0.6) is 0 Å². The summed E-state index contributed by atoms with van der Waals surface area (Å²) >= 11 is 6.08. The van der Waals surface area contributed by atoms with Crippen LogP contribution in [-0.2, 0) is 0 Å². The Bertz CT molecular complexity index is 1040. The van der Waals surface area contributed by atoms with Crippen molar-refractivity contribution in [1.29, 1.82) is 0 Å². The lowest BCUT2D eigenvalue weighted by Crippen LogP contribution is -2.15. The third-order valence-corrected chi connectivity index (χ3v) is 4.57. The average molecular weight is 397 g/mol. The van der Waals surface area contributed by atoms with E-state index in [1.54, 1.807) is 49.4 Å². The van der Waals surface area contributed by atoms with Gasteiger partial charge in [0.1, 0.15) is 6.10 Å². The van der Waals surface area contributed by atoms with Crippen molar-refractivity contribution >= 4 is 28.9 Å². The highest BCUT2D eigenvalue weighted by atomic mass is 35.5. The van der Waals surface area contributed by atoms with E-state index in [2.05, 4.69) is 5.32 Å². The first-order chi connectivity index (χ1) is 13.4. The number of nitro groups is 1. The topological polar surface area (TPSA) is 92.5 Å². The molecule has 0 aliphatic rings. The van der Waals surface area contributed by atoms with E-state index in [0.29, 0.717) is 27.4 Å². The molecule has 0 heterocycles. The Balaban J connectivity index is 1.94. The van der Waals surface area contributed by atoms with Crippen molar-refractivity contribution in [3.63, 3.8) is 0 Å². The molecule has 0 spiro atoms. The number of carbonyl (C=O) groups excluding carboxylic acids is 1. The van der Waals surface area contributed by atoms with Gasteiger partial charge in [-0.2, -0.15) is 0 Å². The van der Waals surface area contributed by atoms with Gasteiger partial charge in [-0.25, -0.2) is 0 Å². The summed E-state index contributed by atoms with van der Waals surface area (Å²) in [5.41, 5.74) is 1.92. The minimum Gasteiger partial charge on any atom is -0.384 e. The number of aryl methyl sites for hydroxylation is 1. The SMILES string of the molecule is Cc1ccc(C(=O)Nc2ccc(Cl)cc2C(O)c2ccccc2)cc1[N+](=O)[O-]. The van der Waals surface area contributed by atoms with Gasteiger partial charge < -0.3 is 10.4 Å². The van der Waals surface area contributed by atoms with Crippen LogP contribution < -0.4 is 5.32 Å². The summed E-state index contributed by atoms with van der Waals surface area (Å²) in [7, 11) is 0. The monoisotopic (exact) mass is 396 g/mol. The molecule has 7 heteroatoms. The van der Waals surface area contributed by atoms with E-state index >= 15 is 0 Å². The summed E-state index contributed by atoms with van der Waals surface area (Å²) in [6, 6.07) is 18.0. The Morgan fingerprint density at radius 2 is 1.82 bits per heavy atom. The smallest absolute Gasteiger partial charge is 0.273 e. The van der Waals surface area contributed by atoms with Crippen molar-refractivity contribution in [2.45, 2.75) is 13.0 Å². The van der Waals surface area contributed by atoms with Gasteiger partial charge in [0.2, 0.25) is 0 Å². The van der Waals surface area contributed by atoms with Gasteiger partial charge >= 0.3 is 0 Å². The van der Waals surface area contributed by atoms with Gasteiger partial charge in [0.15, 0.2) is 0 Å². The maximum Gasteiger partial charge on any atom is 0.273 e. The number of rotatable bonds is 5. The number of anilines is 1. The van der Waals surface area contributed by atoms with E-state index in [-0.39, 0.29) is 11.3 Å². The molecule has 0 radical (unpaired) electrons. The predicted molar refractivity (Wildman–Crippen MR) is 108 cm³/mol. The number of nitrogens with zero attached hydrogens (tertiary/aromatic N) is 1. The van der Waals surface area contributed by atoms with Crippen molar-refractivity contribution < 1.29 is 14.8 Å². The minimum atomic E-state index is -0.998. The molecule has 0 bridgehead atoms. The number of nitrogens with one attached hydrogen (secondary N) is 1. The van der Waals surface area contributed by atoms with Crippen molar-refractivity contribution in [2.24, 2.45) is 0 Å². The van der Waals surface area contributed by atoms with Gasteiger partial charge in [-0.3, -0.25) is 14.9 Å². The fraction of sp³-hybridized carbons (Fsp3) is 0.0952. The third-order valence-electron chi connectivity index (χ3n) is 4.34. The van der Waals surface area contributed by atoms with Crippen LogP contribution in [0, 0.1) is 17.0 Å². The first-order valence-corrected chi connectivity index (χ1v) is 8.83. The molecule has 2 N–H and O–H groups in total. The van der Waals surface area contributed by atoms with Crippen molar-refractivity contribution in [3.05, 3.63) is 104 Å². The quantitative estimate of drug-likeness (QED) is 0.474. The van der Waals surface area contributed by atoms with Crippen LogP contribution in [-0.4, -0.2) is 15.9 Å². The standard InChI is InChI=1S/C21H17ClN2O4/c1-13-7-8-15(11-19(13)24(27)28)21(26)23-18-10-9-16(22)12-17(18)20(25)14-5-3-2-4-6-14/h2-12,20,25H,1H3,(H,23,26).